The molecule has 1 heterocycles. The second kappa shape index (κ2) is 6.73. The van der Waals surface area contributed by atoms with E-state index in [-0.39, 0.29) is 16.7 Å². The van der Waals surface area contributed by atoms with Gasteiger partial charge in [-0.2, -0.15) is 0 Å². The summed E-state index contributed by atoms with van der Waals surface area (Å²) in [7, 11) is 0. The summed E-state index contributed by atoms with van der Waals surface area (Å²) in [5, 5.41) is 8.21. The molecule has 0 aromatic carbocycles. The lowest BCUT2D eigenvalue weighted by atomic mass is 9.75. The summed E-state index contributed by atoms with van der Waals surface area (Å²) in [6.07, 6.45) is 6.21. The van der Waals surface area contributed by atoms with Gasteiger partial charge in [-0.05, 0) is 29.8 Å². The third-order valence-corrected chi connectivity index (χ3v) is 6.14. The Kier molecular flexibility index (Phi) is 5.41. The molecule has 0 spiro atoms. The van der Waals surface area contributed by atoms with Crippen LogP contribution >= 0.6 is 27.5 Å². The summed E-state index contributed by atoms with van der Waals surface area (Å²) < 4.78 is 3.96. The first-order valence-corrected chi connectivity index (χ1v) is 9.44. The van der Waals surface area contributed by atoms with Gasteiger partial charge >= 0.3 is 0 Å². The van der Waals surface area contributed by atoms with Gasteiger partial charge in [-0.25, -0.2) is 0 Å². The van der Waals surface area contributed by atoms with Gasteiger partial charge in [-0.1, -0.05) is 60.5 Å². The number of carbonyl (C=O) groups is 1. The van der Waals surface area contributed by atoms with Crippen LogP contribution in [0.2, 0.25) is 0 Å². The number of alkyl halides is 1. The Morgan fingerprint density at radius 2 is 2.00 bits per heavy atom. The van der Waals surface area contributed by atoms with Crippen molar-refractivity contribution in [2.75, 3.05) is 11.9 Å². The van der Waals surface area contributed by atoms with E-state index in [9.17, 15) is 4.79 Å². The van der Waals surface area contributed by atoms with Gasteiger partial charge in [0.1, 0.15) is 4.88 Å². The maximum Gasteiger partial charge on any atom is 0.264 e. The van der Waals surface area contributed by atoms with Crippen molar-refractivity contribution in [1.29, 1.82) is 0 Å². The molecule has 6 heteroatoms. The molecule has 4 nitrogen and oxygen atoms in total. The molecule has 0 saturated heterocycles. The van der Waals surface area contributed by atoms with Gasteiger partial charge in [-0.15, -0.1) is 5.10 Å². The zero-order valence-electron chi connectivity index (χ0n) is 13.0. The zero-order valence-corrected chi connectivity index (χ0v) is 15.4. The van der Waals surface area contributed by atoms with E-state index in [1.165, 1.54) is 43.6 Å². The predicted octanol–water partition coefficient (Wildman–Crippen LogP) is 3.91. The molecule has 0 aliphatic heterocycles. The first-order valence-electron chi connectivity index (χ1n) is 7.55. The molecule has 0 bridgehead atoms. The molecule has 1 N–H and O–H groups in total. The third kappa shape index (κ3) is 4.03. The highest BCUT2D eigenvalue weighted by Crippen LogP contribution is 2.37. The van der Waals surface area contributed by atoms with Crippen LogP contribution in [0.15, 0.2) is 0 Å². The summed E-state index contributed by atoms with van der Waals surface area (Å²) in [5.41, 5.74) is 0.854. The maximum atomic E-state index is 12.5. The Bertz CT molecular complexity index is 489. The van der Waals surface area contributed by atoms with Crippen LogP contribution in [-0.4, -0.2) is 27.4 Å². The minimum atomic E-state index is -0.155. The largest absolute Gasteiger partial charge is 0.351 e. The molecule has 1 aromatic rings. The molecule has 1 saturated carbocycles. The molecule has 0 radical (unpaired) electrons. The fourth-order valence-corrected chi connectivity index (χ4v) is 4.39. The van der Waals surface area contributed by atoms with Crippen LogP contribution in [0.5, 0.6) is 0 Å². The molecule has 1 fully saturated rings. The molecule has 21 heavy (non-hydrogen) atoms. The molecule has 1 aliphatic carbocycles. The average Bonchev–Trinajstić information content (AvgIpc) is 2.95. The molecular weight excluding hydrogens is 350 g/mol. The highest BCUT2D eigenvalue weighted by atomic mass is 79.9. The smallest absolute Gasteiger partial charge is 0.264 e. The number of aromatic nitrogens is 2. The van der Waals surface area contributed by atoms with E-state index in [2.05, 4.69) is 51.6 Å². The first-order chi connectivity index (χ1) is 9.88. The summed E-state index contributed by atoms with van der Waals surface area (Å²) in [4.78, 5) is 13.1. The monoisotopic (exact) mass is 373 g/mol. The molecule has 0 atom stereocenters. The summed E-state index contributed by atoms with van der Waals surface area (Å²) in [6, 6.07) is 0. The fourth-order valence-electron chi connectivity index (χ4n) is 2.84. The number of rotatable bonds is 4. The van der Waals surface area contributed by atoms with Crippen molar-refractivity contribution in [3.63, 3.8) is 0 Å². The number of carbonyl (C=O) groups excluding carboxylic acids is 1. The highest BCUT2D eigenvalue weighted by molar-refractivity contribution is 9.09. The molecule has 118 valence electrons. The van der Waals surface area contributed by atoms with Crippen molar-refractivity contribution < 1.29 is 4.79 Å². The third-order valence-electron chi connectivity index (χ3n) is 4.23. The van der Waals surface area contributed by atoms with Crippen LogP contribution < -0.4 is 5.32 Å². The van der Waals surface area contributed by atoms with Crippen LogP contribution in [0.3, 0.4) is 0 Å². The van der Waals surface area contributed by atoms with Gasteiger partial charge in [0.25, 0.3) is 5.91 Å². The van der Waals surface area contributed by atoms with Crippen molar-refractivity contribution in [2.24, 2.45) is 5.41 Å². The van der Waals surface area contributed by atoms with E-state index in [1.54, 1.807) is 0 Å². The number of nitrogens with one attached hydrogen (secondary N) is 1. The Morgan fingerprint density at radius 3 is 2.57 bits per heavy atom. The Balaban J connectivity index is 2.03. The number of hydrogen-bond donors (Lipinski definition) is 1. The van der Waals surface area contributed by atoms with E-state index >= 15 is 0 Å². The quantitative estimate of drug-likeness (QED) is 0.813. The van der Waals surface area contributed by atoms with Crippen molar-refractivity contribution >= 4 is 33.4 Å². The van der Waals surface area contributed by atoms with E-state index < -0.39 is 0 Å². The van der Waals surface area contributed by atoms with Crippen LogP contribution in [0.25, 0.3) is 0 Å². The van der Waals surface area contributed by atoms with Crippen molar-refractivity contribution in [3.05, 3.63) is 10.6 Å². The fraction of sp³-hybridized carbons (Fsp3) is 0.800. The van der Waals surface area contributed by atoms with Gasteiger partial charge in [0.15, 0.2) is 0 Å². The number of halogens is 1. The standard InChI is InChI=1S/C15H24BrN3OS/c1-14(2,3)12-11(21-19-18-12)13(20)17-10-15(9-16)7-5-4-6-8-15/h4-10H2,1-3H3,(H,17,20). The van der Waals surface area contributed by atoms with Gasteiger partial charge in [0.05, 0.1) is 5.69 Å². The Hall–Kier alpha value is -0.490. The predicted molar refractivity (Wildman–Crippen MR) is 90.3 cm³/mol. The summed E-state index contributed by atoms with van der Waals surface area (Å²) in [5.74, 6) is -0.0270. The van der Waals surface area contributed by atoms with Crippen molar-refractivity contribution in [2.45, 2.75) is 58.3 Å². The lowest BCUT2D eigenvalue weighted by molar-refractivity contribution is 0.0923. The minimum absolute atomic E-state index is 0.0270. The molecule has 2 rings (SSSR count). The second-order valence-corrected chi connectivity index (χ2v) is 8.39. The summed E-state index contributed by atoms with van der Waals surface area (Å²) in [6.45, 7) is 6.91. The number of hydrogen-bond acceptors (Lipinski definition) is 4. The van der Waals surface area contributed by atoms with Crippen molar-refractivity contribution in [3.8, 4) is 0 Å². The van der Waals surface area contributed by atoms with Crippen LogP contribution in [0.4, 0.5) is 0 Å². The van der Waals surface area contributed by atoms with Gasteiger partial charge in [0.2, 0.25) is 0 Å². The average molecular weight is 374 g/mol. The van der Waals surface area contributed by atoms with Crippen molar-refractivity contribution in [1.82, 2.24) is 14.9 Å². The van der Waals surface area contributed by atoms with Crippen LogP contribution in [0, 0.1) is 5.41 Å². The minimum Gasteiger partial charge on any atom is -0.351 e. The van der Waals surface area contributed by atoms with E-state index in [0.29, 0.717) is 4.88 Å². The van der Waals surface area contributed by atoms with Crippen LogP contribution in [-0.2, 0) is 5.41 Å². The normalized spacial score (nSPS) is 18.5. The zero-order chi connectivity index (χ0) is 15.5. The van der Waals surface area contributed by atoms with E-state index in [1.807, 2.05) is 0 Å². The Labute approximate surface area is 139 Å². The van der Waals surface area contributed by atoms with Gasteiger partial charge in [-0.3, -0.25) is 4.79 Å². The van der Waals surface area contributed by atoms with Gasteiger partial charge in [0, 0.05) is 17.3 Å². The SMILES string of the molecule is CC(C)(C)c1nnsc1C(=O)NCC1(CBr)CCCCC1. The number of amides is 1. The van der Waals surface area contributed by atoms with Gasteiger partial charge < -0.3 is 5.32 Å². The summed E-state index contributed by atoms with van der Waals surface area (Å²) >= 11 is 4.83. The molecule has 1 aliphatic rings. The molecule has 1 aromatic heterocycles. The highest BCUT2D eigenvalue weighted by Gasteiger charge is 2.32. The second-order valence-electron chi connectivity index (χ2n) is 7.08. The lowest BCUT2D eigenvalue weighted by Gasteiger charge is -2.35. The first kappa shape index (κ1) is 16.9. The maximum absolute atomic E-state index is 12.5. The topological polar surface area (TPSA) is 54.9 Å². The number of nitrogens with zero attached hydrogens (tertiary/aromatic N) is 2. The Morgan fingerprint density at radius 1 is 1.33 bits per heavy atom. The molecule has 0 unspecified atom stereocenters. The van der Waals surface area contributed by atoms with E-state index in [4.69, 9.17) is 0 Å². The lowest BCUT2D eigenvalue weighted by Crippen LogP contribution is -2.40. The van der Waals surface area contributed by atoms with E-state index in [0.717, 1.165) is 17.6 Å². The molecular formula is C15H24BrN3OS. The van der Waals surface area contributed by atoms with Crippen LogP contribution in [0.1, 0.15) is 68.2 Å². The molecule has 1 amide bonds.